The van der Waals surface area contributed by atoms with Crippen molar-refractivity contribution in [1.29, 1.82) is 0 Å². The molecule has 1 amide bonds. The Morgan fingerprint density at radius 3 is 2.65 bits per heavy atom. The summed E-state index contributed by atoms with van der Waals surface area (Å²) in [5.41, 5.74) is -0.165. The minimum atomic E-state index is -0.866. The molecule has 1 N–H and O–H groups in total. The Hall–Kier alpha value is -2.15. The van der Waals surface area contributed by atoms with Gasteiger partial charge in [0.25, 0.3) is 5.91 Å². The molecule has 2 rings (SSSR count). The molecule has 1 saturated heterocycles. The molecule has 20 heavy (non-hydrogen) atoms. The number of rotatable bonds is 3. The topological polar surface area (TPSA) is 91.1 Å². The van der Waals surface area contributed by atoms with Crippen molar-refractivity contribution in [2.45, 2.75) is 6.42 Å². The number of nitrogens with zero attached hydrogens (tertiary/aromatic N) is 2. The Morgan fingerprint density at radius 2 is 2.00 bits per heavy atom. The molecule has 0 saturated carbocycles. The van der Waals surface area contributed by atoms with Gasteiger partial charge in [-0.1, -0.05) is 0 Å². The second-order valence-corrected chi connectivity index (χ2v) is 4.66. The van der Waals surface area contributed by atoms with Gasteiger partial charge in [0, 0.05) is 32.2 Å². The molecule has 1 aromatic heterocycles. The van der Waals surface area contributed by atoms with E-state index >= 15 is 0 Å². The predicted octanol–water partition coefficient (Wildman–Crippen LogP) is -0.128. The molecule has 0 aliphatic carbocycles. The molecule has 7 nitrogen and oxygen atoms in total. The zero-order chi connectivity index (χ0) is 14.5. The number of aliphatic carboxylic acids is 1. The fourth-order valence-electron chi connectivity index (χ4n) is 2.19. The molecule has 108 valence electrons. The Labute approximate surface area is 115 Å². The highest BCUT2D eigenvalue weighted by atomic mass is 16.4. The molecule has 2 heterocycles. The fourth-order valence-corrected chi connectivity index (χ4v) is 2.19. The molecule has 0 aromatic carbocycles. The van der Waals surface area contributed by atoms with Gasteiger partial charge in [-0.2, -0.15) is 0 Å². The van der Waals surface area contributed by atoms with Gasteiger partial charge < -0.3 is 14.4 Å². The van der Waals surface area contributed by atoms with Crippen LogP contribution in [-0.2, 0) is 4.79 Å². The predicted molar refractivity (Wildman–Crippen MR) is 69.6 cm³/mol. The lowest BCUT2D eigenvalue weighted by Gasteiger charge is -2.20. The van der Waals surface area contributed by atoms with Gasteiger partial charge in [0.15, 0.2) is 0 Å². The maximum absolute atomic E-state index is 12.2. The number of carbonyl (C=O) groups is 2. The monoisotopic (exact) mass is 280 g/mol. The first-order valence-electron chi connectivity index (χ1n) is 6.38. The first-order chi connectivity index (χ1) is 9.56. The van der Waals surface area contributed by atoms with Gasteiger partial charge in [-0.3, -0.25) is 14.5 Å². The van der Waals surface area contributed by atoms with Crippen LogP contribution in [0.4, 0.5) is 0 Å². The van der Waals surface area contributed by atoms with Crippen molar-refractivity contribution in [3.63, 3.8) is 0 Å². The van der Waals surface area contributed by atoms with Crippen LogP contribution in [0.3, 0.4) is 0 Å². The van der Waals surface area contributed by atoms with E-state index in [0.717, 1.165) is 12.7 Å². The average molecular weight is 280 g/mol. The van der Waals surface area contributed by atoms with Crippen molar-refractivity contribution in [3.05, 3.63) is 34.4 Å². The second kappa shape index (κ2) is 6.33. The summed E-state index contributed by atoms with van der Waals surface area (Å²) in [4.78, 5) is 37.2. The normalized spacial score (nSPS) is 16.7. The summed E-state index contributed by atoms with van der Waals surface area (Å²) in [6.07, 6.45) is 1.88. The first-order valence-corrected chi connectivity index (χ1v) is 6.38. The molecule has 0 radical (unpaired) electrons. The van der Waals surface area contributed by atoms with Crippen molar-refractivity contribution in [2.24, 2.45) is 0 Å². The van der Waals surface area contributed by atoms with E-state index in [4.69, 9.17) is 5.11 Å². The largest absolute Gasteiger partial charge is 0.480 e. The van der Waals surface area contributed by atoms with Crippen molar-refractivity contribution in [1.82, 2.24) is 9.80 Å². The summed E-state index contributed by atoms with van der Waals surface area (Å²) in [6, 6.07) is 2.65. The van der Waals surface area contributed by atoms with Crippen LogP contribution in [0, 0.1) is 0 Å². The van der Waals surface area contributed by atoms with E-state index in [1.54, 1.807) is 9.80 Å². The zero-order valence-electron chi connectivity index (χ0n) is 10.9. The van der Waals surface area contributed by atoms with Crippen molar-refractivity contribution in [3.8, 4) is 0 Å². The molecule has 1 aliphatic rings. The third kappa shape index (κ3) is 3.67. The molecule has 0 unspecified atom stereocenters. The summed E-state index contributed by atoms with van der Waals surface area (Å²) in [6.45, 7) is 2.19. The van der Waals surface area contributed by atoms with Gasteiger partial charge in [-0.25, -0.2) is 4.79 Å². The van der Waals surface area contributed by atoms with E-state index in [0.29, 0.717) is 31.7 Å². The summed E-state index contributed by atoms with van der Waals surface area (Å²) in [7, 11) is 0. The van der Waals surface area contributed by atoms with Gasteiger partial charge in [0.05, 0.1) is 12.1 Å². The number of carbonyl (C=O) groups excluding carboxylic acids is 1. The van der Waals surface area contributed by atoms with Gasteiger partial charge in [0.2, 0.25) is 0 Å². The van der Waals surface area contributed by atoms with Gasteiger partial charge >= 0.3 is 11.6 Å². The standard InChI is InChI=1S/C13H16N2O5/c16-11(17)8-14-4-1-5-15(7-6-14)13(19)10-2-3-12(18)20-9-10/h2-3,9H,1,4-8H2,(H,16,17). The highest BCUT2D eigenvalue weighted by molar-refractivity contribution is 5.93. The molecular weight excluding hydrogens is 264 g/mol. The first kappa shape index (κ1) is 14.3. The molecule has 0 bridgehead atoms. The smallest absolute Gasteiger partial charge is 0.335 e. The quantitative estimate of drug-likeness (QED) is 0.829. The Bertz CT molecular complexity index is 533. The van der Waals surface area contributed by atoms with Crippen LogP contribution in [0.1, 0.15) is 16.8 Å². The van der Waals surface area contributed by atoms with Crippen LogP contribution in [0.5, 0.6) is 0 Å². The fraction of sp³-hybridized carbons (Fsp3) is 0.462. The highest BCUT2D eigenvalue weighted by Gasteiger charge is 2.21. The summed E-state index contributed by atoms with van der Waals surface area (Å²) >= 11 is 0. The zero-order valence-corrected chi connectivity index (χ0v) is 10.9. The van der Waals surface area contributed by atoms with Crippen LogP contribution in [-0.4, -0.2) is 59.5 Å². The molecule has 1 aliphatic heterocycles. The number of amides is 1. The summed E-state index contributed by atoms with van der Waals surface area (Å²) < 4.78 is 4.68. The van der Waals surface area contributed by atoms with Crippen LogP contribution in [0.2, 0.25) is 0 Å². The number of carboxylic acid groups (broad SMARTS) is 1. The third-order valence-corrected chi connectivity index (χ3v) is 3.18. The highest BCUT2D eigenvalue weighted by Crippen LogP contribution is 2.08. The SMILES string of the molecule is O=C(O)CN1CCCN(C(=O)c2ccc(=O)oc2)CC1. The lowest BCUT2D eigenvalue weighted by Crippen LogP contribution is -2.36. The Balaban J connectivity index is 1.99. The van der Waals surface area contributed by atoms with E-state index in [9.17, 15) is 14.4 Å². The molecule has 7 heteroatoms. The van der Waals surface area contributed by atoms with Crippen molar-refractivity contribution < 1.29 is 19.1 Å². The van der Waals surface area contributed by atoms with E-state index in [2.05, 4.69) is 4.42 Å². The third-order valence-electron chi connectivity index (χ3n) is 3.18. The minimum absolute atomic E-state index is 0.0117. The number of hydrogen-bond donors (Lipinski definition) is 1. The molecule has 1 fully saturated rings. The Morgan fingerprint density at radius 1 is 1.20 bits per heavy atom. The van der Waals surface area contributed by atoms with Crippen LogP contribution in [0.25, 0.3) is 0 Å². The number of carboxylic acids is 1. The van der Waals surface area contributed by atoms with Gasteiger partial charge in [-0.15, -0.1) is 0 Å². The molecule has 0 atom stereocenters. The maximum atomic E-state index is 12.2. The summed E-state index contributed by atoms with van der Waals surface area (Å²) in [5, 5.41) is 8.77. The number of hydrogen-bond acceptors (Lipinski definition) is 5. The lowest BCUT2D eigenvalue weighted by atomic mass is 10.2. The molecular formula is C13H16N2O5. The lowest BCUT2D eigenvalue weighted by molar-refractivity contribution is -0.138. The minimum Gasteiger partial charge on any atom is -0.480 e. The molecule has 0 spiro atoms. The average Bonchev–Trinajstić information content (AvgIpc) is 2.64. The van der Waals surface area contributed by atoms with E-state index < -0.39 is 11.6 Å². The van der Waals surface area contributed by atoms with Crippen molar-refractivity contribution >= 4 is 11.9 Å². The second-order valence-electron chi connectivity index (χ2n) is 4.66. The van der Waals surface area contributed by atoms with Crippen LogP contribution in [0.15, 0.2) is 27.6 Å². The van der Waals surface area contributed by atoms with Crippen LogP contribution >= 0.6 is 0 Å². The van der Waals surface area contributed by atoms with E-state index in [1.165, 1.54) is 12.1 Å². The van der Waals surface area contributed by atoms with Crippen LogP contribution < -0.4 is 5.63 Å². The van der Waals surface area contributed by atoms with Gasteiger partial charge in [-0.05, 0) is 12.5 Å². The van der Waals surface area contributed by atoms with Crippen molar-refractivity contribution in [2.75, 3.05) is 32.7 Å². The summed E-state index contributed by atoms with van der Waals surface area (Å²) in [5.74, 6) is -1.07. The van der Waals surface area contributed by atoms with Gasteiger partial charge in [0.1, 0.15) is 6.26 Å². The van der Waals surface area contributed by atoms with E-state index in [1.807, 2.05) is 0 Å². The van der Waals surface area contributed by atoms with E-state index in [-0.39, 0.29) is 12.5 Å². The Kier molecular flexibility index (Phi) is 4.52. The molecule has 1 aromatic rings. The maximum Gasteiger partial charge on any atom is 0.335 e.